The largest absolute Gasteiger partial charge is 0.478 e. The smallest absolute Gasteiger partial charge is 0.336 e. The van der Waals surface area contributed by atoms with E-state index >= 15 is 0 Å². The van der Waals surface area contributed by atoms with E-state index in [1.807, 2.05) is 13.0 Å². The maximum absolute atomic E-state index is 12.0. The summed E-state index contributed by atoms with van der Waals surface area (Å²) >= 11 is 0. The molecular formula is C29H43N5O3Si. The van der Waals surface area contributed by atoms with E-state index in [1.165, 1.54) is 5.56 Å². The fourth-order valence-corrected chi connectivity index (χ4v) is 4.98. The van der Waals surface area contributed by atoms with Gasteiger partial charge < -0.3 is 19.4 Å². The number of rotatable bonds is 13. The number of pyridine rings is 1. The lowest BCUT2D eigenvalue weighted by Crippen LogP contribution is -2.40. The van der Waals surface area contributed by atoms with Crippen molar-refractivity contribution in [1.29, 1.82) is 0 Å². The van der Waals surface area contributed by atoms with Gasteiger partial charge in [-0.15, -0.1) is 10.2 Å². The third kappa shape index (κ3) is 7.58. The molecule has 3 rings (SSSR count). The fourth-order valence-electron chi connectivity index (χ4n) is 4.05. The molecule has 0 aliphatic carbocycles. The van der Waals surface area contributed by atoms with E-state index in [-0.39, 0.29) is 10.6 Å². The van der Waals surface area contributed by atoms with E-state index in [9.17, 15) is 9.90 Å². The Morgan fingerprint density at radius 1 is 1.11 bits per heavy atom. The van der Waals surface area contributed by atoms with Gasteiger partial charge in [-0.2, -0.15) is 0 Å². The van der Waals surface area contributed by atoms with Gasteiger partial charge in [0.25, 0.3) is 0 Å². The van der Waals surface area contributed by atoms with Gasteiger partial charge in [0.1, 0.15) is 11.6 Å². The fraction of sp³-hybridized carbons (Fsp3) is 0.517. The summed E-state index contributed by atoms with van der Waals surface area (Å²) in [5.41, 5.74) is 3.61. The summed E-state index contributed by atoms with van der Waals surface area (Å²) in [6, 6.07) is 12.1. The number of aromatic carboxylic acids is 1. The van der Waals surface area contributed by atoms with Gasteiger partial charge in [-0.1, -0.05) is 58.0 Å². The lowest BCUT2D eigenvalue weighted by Gasteiger charge is -2.36. The number of aromatic nitrogens is 4. The molecule has 2 aromatic heterocycles. The molecule has 0 fully saturated rings. The van der Waals surface area contributed by atoms with Crippen molar-refractivity contribution in [3.8, 4) is 0 Å². The number of carboxylic acid groups (broad SMARTS) is 1. The zero-order valence-corrected chi connectivity index (χ0v) is 25.0. The third-order valence-electron chi connectivity index (χ3n) is 7.53. The van der Waals surface area contributed by atoms with Crippen molar-refractivity contribution in [2.75, 3.05) is 0 Å². The van der Waals surface area contributed by atoms with Crippen molar-refractivity contribution in [3.05, 3.63) is 76.1 Å². The van der Waals surface area contributed by atoms with Crippen LogP contribution in [0.2, 0.25) is 18.1 Å². The SMILES string of the molecule is CCc1nnc(CNCc2cc(C(=O)O)c(C)c(CO[Si](C)(C)C(C)(C)C)n2)n1CCCc1ccccc1. The summed E-state index contributed by atoms with van der Waals surface area (Å²) < 4.78 is 8.56. The molecule has 8 nitrogen and oxygen atoms in total. The summed E-state index contributed by atoms with van der Waals surface area (Å²) in [5.74, 6) is 0.897. The average molecular weight is 538 g/mol. The van der Waals surface area contributed by atoms with Crippen molar-refractivity contribution in [1.82, 2.24) is 25.1 Å². The first-order valence-electron chi connectivity index (χ1n) is 13.4. The molecule has 3 aromatic rings. The van der Waals surface area contributed by atoms with Gasteiger partial charge in [0.05, 0.1) is 30.1 Å². The predicted molar refractivity (Wildman–Crippen MR) is 153 cm³/mol. The van der Waals surface area contributed by atoms with E-state index in [1.54, 1.807) is 6.07 Å². The summed E-state index contributed by atoms with van der Waals surface area (Å²) in [7, 11) is -2.00. The predicted octanol–water partition coefficient (Wildman–Crippen LogP) is 5.69. The lowest BCUT2D eigenvalue weighted by atomic mass is 10.1. The van der Waals surface area contributed by atoms with Crippen molar-refractivity contribution < 1.29 is 14.3 Å². The summed E-state index contributed by atoms with van der Waals surface area (Å²) in [6.07, 6.45) is 2.82. The van der Waals surface area contributed by atoms with Crippen LogP contribution in [-0.2, 0) is 43.5 Å². The Labute approximate surface area is 228 Å². The molecule has 2 N–H and O–H groups in total. The highest BCUT2D eigenvalue weighted by Crippen LogP contribution is 2.37. The Morgan fingerprint density at radius 3 is 2.42 bits per heavy atom. The Morgan fingerprint density at radius 2 is 1.79 bits per heavy atom. The van der Waals surface area contributed by atoms with Crippen LogP contribution in [0.3, 0.4) is 0 Å². The molecule has 0 radical (unpaired) electrons. The number of aryl methyl sites for hydroxylation is 2. The van der Waals surface area contributed by atoms with Crippen LogP contribution >= 0.6 is 0 Å². The van der Waals surface area contributed by atoms with E-state index in [4.69, 9.17) is 9.41 Å². The first kappa shape index (κ1) is 29.7. The second-order valence-electron chi connectivity index (χ2n) is 11.3. The van der Waals surface area contributed by atoms with E-state index in [0.717, 1.165) is 37.5 Å². The molecule has 0 bridgehead atoms. The average Bonchev–Trinajstić information content (AvgIpc) is 3.25. The van der Waals surface area contributed by atoms with Crippen LogP contribution in [0.1, 0.15) is 78.6 Å². The van der Waals surface area contributed by atoms with Gasteiger partial charge >= 0.3 is 5.97 Å². The molecule has 0 aliphatic rings. The first-order valence-corrected chi connectivity index (χ1v) is 16.4. The van der Waals surface area contributed by atoms with Crippen LogP contribution in [0, 0.1) is 6.92 Å². The minimum absolute atomic E-state index is 0.0596. The zero-order chi connectivity index (χ0) is 27.9. The van der Waals surface area contributed by atoms with Crippen molar-refractivity contribution in [2.24, 2.45) is 0 Å². The van der Waals surface area contributed by atoms with Crippen LogP contribution in [0.25, 0.3) is 0 Å². The van der Waals surface area contributed by atoms with Crippen molar-refractivity contribution in [2.45, 2.75) is 98.3 Å². The molecule has 1 aromatic carbocycles. The molecule has 0 amide bonds. The van der Waals surface area contributed by atoms with Crippen LogP contribution in [0.5, 0.6) is 0 Å². The van der Waals surface area contributed by atoms with Gasteiger partial charge in [0.2, 0.25) is 0 Å². The number of nitrogens with one attached hydrogen (secondary N) is 1. The quantitative estimate of drug-likeness (QED) is 0.270. The van der Waals surface area contributed by atoms with E-state index in [0.29, 0.717) is 36.6 Å². The molecule has 0 atom stereocenters. The monoisotopic (exact) mass is 537 g/mol. The van der Waals surface area contributed by atoms with Crippen LogP contribution in [-0.4, -0.2) is 39.1 Å². The minimum Gasteiger partial charge on any atom is -0.478 e. The second-order valence-corrected chi connectivity index (χ2v) is 16.1. The van der Waals surface area contributed by atoms with Crippen molar-refractivity contribution in [3.63, 3.8) is 0 Å². The van der Waals surface area contributed by atoms with Crippen LogP contribution in [0.4, 0.5) is 0 Å². The molecule has 9 heteroatoms. The molecule has 0 spiro atoms. The normalized spacial score (nSPS) is 12.2. The highest BCUT2D eigenvalue weighted by Gasteiger charge is 2.37. The molecule has 0 unspecified atom stereocenters. The Balaban J connectivity index is 1.68. The highest BCUT2D eigenvalue weighted by atomic mass is 28.4. The number of hydrogen-bond donors (Lipinski definition) is 2. The maximum Gasteiger partial charge on any atom is 0.336 e. The number of nitrogens with zero attached hydrogens (tertiary/aromatic N) is 4. The highest BCUT2D eigenvalue weighted by molar-refractivity contribution is 6.74. The Bertz CT molecular complexity index is 1220. The Hall–Kier alpha value is -2.88. The zero-order valence-electron chi connectivity index (χ0n) is 24.0. The third-order valence-corrected chi connectivity index (χ3v) is 12.0. The first-order chi connectivity index (χ1) is 17.9. The number of carboxylic acids is 1. The van der Waals surface area contributed by atoms with Crippen LogP contribution < -0.4 is 5.32 Å². The molecule has 206 valence electrons. The molecule has 2 heterocycles. The Kier molecular flexibility index (Phi) is 9.98. The van der Waals surface area contributed by atoms with Crippen LogP contribution in [0.15, 0.2) is 36.4 Å². The second kappa shape index (κ2) is 12.8. The number of benzene rings is 1. The lowest BCUT2D eigenvalue weighted by molar-refractivity contribution is 0.0695. The van der Waals surface area contributed by atoms with E-state index in [2.05, 4.69) is 85.1 Å². The molecular weight excluding hydrogens is 494 g/mol. The summed E-state index contributed by atoms with van der Waals surface area (Å²) in [5, 5.41) is 22.1. The topological polar surface area (TPSA) is 102 Å². The molecule has 0 saturated heterocycles. The standard InChI is InChI=1S/C29H43N5O3Si/c1-8-26-32-33-27(34(26)16-12-15-22-13-10-9-11-14-22)19-30-18-23-17-24(28(35)36)21(2)25(31-23)20-37-38(6,7)29(3,4)5/h9-11,13-14,17,30H,8,12,15-16,18-20H2,1-7H3,(H,35,36). The summed E-state index contributed by atoms with van der Waals surface area (Å²) in [6.45, 7) is 16.9. The molecule has 38 heavy (non-hydrogen) atoms. The minimum atomic E-state index is -2.00. The summed E-state index contributed by atoms with van der Waals surface area (Å²) in [4.78, 5) is 16.8. The number of carbonyl (C=O) groups is 1. The van der Waals surface area contributed by atoms with Gasteiger partial charge in [0.15, 0.2) is 8.32 Å². The molecule has 0 aliphatic heterocycles. The number of hydrogen-bond acceptors (Lipinski definition) is 6. The van der Waals surface area contributed by atoms with Gasteiger partial charge in [-0.3, -0.25) is 4.98 Å². The van der Waals surface area contributed by atoms with Gasteiger partial charge in [-0.05, 0) is 55.1 Å². The van der Waals surface area contributed by atoms with Gasteiger partial charge in [0, 0.05) is 19.5 Å². The maximum atomic E-state index is 12.0. The molecule has 0 saturated carbocycles. The van der Waals surface area contributed by atoms with Gasteiger partial charge in [-0.25, -0.2) is 4.79 Å². The van der Waals surface area contributed by atoms with Crippen molar-refractivity contribution >= 4 is 14.3 Å². The van der Waals surface area contributed by atoms with E-state index < -0.39 is 14.3 Å².